The van der Waals surface area contributed by atoms with Gasteiger partial charge in [0.25, 0.3) is 0 Å². The zero-order valence-corrected chi connectivity index (χ0v) is 16.0. The van der Waals surface area contributed by atoms with Crippen LogP contribution < -0.4 is 4.90 Å². The van der Waals surface area contributed by atoms with Gasteiger partial charge >= 0.3 is 0 Å². The van der Waals surface area contributed by atoms with Crippen molar-refractivity contribution in [2.24, 2.45) is 0 Å². The van der Waals surface area contributed by atoms with Crippen LogP contribution in [0.25, 0.3) is 0 Å². The van der Waals surface area contributed by atoms with Gasteiger partial charge in [-0.1, -0.05) is 11.8 Å². The number of anilines is 1. The highest BCUT2D eigenvalue weighted by Gasteiger charge is 2.33. The second-order valence-electron chi connectivity index (χ2n) is 6.92. The molecule has 2 aromatic rings. The van der Waals surface area contributed by atoms with Gasteiger partial charge in [0.05, 0.1) is 11.3 Å². The minimum Gasteiger partial charge on any atom is -0.381 e. The first kappa shape index (κ1) is 18.4. The molecule has 9 heteroatoms. The second kappa shape index (κ2) is 7.93. The van der Waals surface area contributed by atoms with E-state index in [1.807, 2.05) is 11.6 Å². The summed E-state index contributed by atoms with van der Waals surface area (Å²) in [6, 6.07) is 4.76. The molecule has 1 aromatic heterocycles. The van der Waals surface area contributed by atoms with Gasteiger partial charge in [0, 0.05) is 25.4 Å². The van der Waals surface area contributed by atoms with E-state index in [1.165, 1.54) is 23.9 Å². The quantitative estimate of drug-likeness (QED) is 0.798. The average molecular weight is 391 g/mol. The molecule has 2 aliphatic rings. The van der Waals surface area contributed by atoms with Gasteiger partial charge in [0.2, 0.25) is 11.1 Å². The van der Waals surface area contributed by atoms with Crippen LogP contribution in [0.3, 0.4) is 0 Å². The van der Waals surface area contributed by atoms with Crippen molar-refractivity contribution in [3.8, 4) is 0 Å². The van der Waals surface area contributed by atoms with Crippen molar-refractivity contribution < 1.29 is 13.9 Å². The van der Waals surface area contributed by atoms with E-state index in [-0.39, 0.29) is 23.0 Å². The number of thioether (sulfide) groups is 1. The average Bonchev–Trinajstić information content (AvgIpc) is 3.13. The molecule has 27 heavy (non-hydrogen) atoms. The minimum absolute atomic E-state index is 0.0301. The van der Waals surface area contributed by atoms with Crippen LogP contribution in [-0.2, 0) is 9.53 Å². The number of aromatic nitrogens is 4. The van der Waals surface area contributed by atoms with Gasteiger partial charge in [0.15, 0.2) is 0 Å². The predicted molar refractivity (Wildman–Crippen MR) is 99.3 cm³/mol. The maximum atomic E-state index is 13.4. The molecule has 2 aliphatic heterocycles. The van der Waals surface area contributed by atoms with Crippen LogP contribution in [0.4, 0.5) is 10.1 Å². The molecule has 0 bridgehead atoms. The van der Waals surface area contributed by atoms with Gasteiger partial charge in [-0.2, -0.15) is 0 Å². The van der Waals surface area contributed by atoms with Crippen molar-refractivity contribution in [3.05, 3.63) is 29.6 Å². The number of nitrogens with zero attached hydrogens (tertiary/aromatic N) is 5. The smallest absolute Gasteiger partial charge is 0.240 e. The van der Waals surface area contributed by atoms with Gasteiger partial charge in [-0.25, -0.2) is 9.07 Å². The molecule has 144 valence electrons. The van der Waals surface area contributed by atoms with E-state index in [2.05, 4.69) is 15.5 Å². The fourth-order valence-electron chi connectivity index (χ4n) is 3.66. The molecule has 0 spiro atoms. The number of carbonyl (C=O) groups excluding carboxylic acids is 1. The lowest BCUT2D eigenvalue weighted by Crippen LogP contribution is -2.43. The lowest BCUT2D eigenvalue weighted by molar-refractivity contribution is -0.119. The molecule has 3 heterocycles. The van der Waals surface area contributed by atoms with Crippen molar-refractivity contribution in [2.45, 2.75) is 49.1 Å². The fraction of sp³-hybridized carbons (Fsp3) is 0.556. The summed E-state index contributed by atoms with van der Waals surface area (Å²) in [7, 11) is 0. The SMILES string of the molecule is Cc1cc(F)ccc1N1CCCC(Sc2nnnn2C2CCOCC2)C1=O. The van der Waals surface area contributed by atoms with E-state index in [0.717, 1.165) is 36.9 Å². The van der Waals surface area contributed by atoms with Crippen molar-refractivity contribution in [3.63, 3.8) is 0 Å². The lowest BCUT2D eigenvalue weighted by atomic mass is 10.1. The molecule has 1 atom stereocenters. The number of hydrogen-bond acceptors (Lipinski definition) is 6. The Kier molecular flexibility index (Phi) is 5.40. The third kappa shape index (κ3) is 3.84. The summed E-state index contributed by atoms with van der Waals surface area (Å²) in [6.07, 6.45) is 3.41. The number of hydrogen-bond donors (Lipinski definition) is 0. The molecule has 7 nitrogen and oxygen atoms in total. The van der Waals surface area contributed by atoms with E-state index in [4.69, 9.17) is 4.74 Å². The molecule has 2 fully saturated rings. The summed E-state index contributed by atoms with van der Waals surface area (Å²) in [5, 5.41) is 12.6. The molecule has 0 saturated carbocycles. The Morgan fingerprint density at radius 3 is 2.85 bits per heavy atom. The Bertz CT molecular complexity index is 824. The van der Waals surface area contributed by atoms with Crippen LogP contribution in [0.2, 0.25) is 0 Å². The predicted octanol–water partition coefficient (Wildman–Crippen LogP) is 2.76. The minimum atomic E-state index is -0.290. The Morgan fingerprint density at radius 1 is 1.26 bits per heavy atom. The summed E-state index contributed by atoms with van der Waals surface area (Å²) in [6.45, 7) is 3.88. The maximum absolute atomic E-state index is 13.4. The molecule has 0 aliphatic carbocycles. The zero-order valence-electron chi connectivity index (χ0n) is 15.2. The highest BCUT2D eigenvalue weighted by atomic mass is 32.2. The number of aryl methyl sites for hydroxylation is 1. The first-order valence-electron chi connectivity index (χ1n) is 9.23. The first-order valence-corrected chi connectivity index (χ1v) is 10.1. The van der Waals surface area contributed by atoms with Crippen molar-refractivity contribution >= 4 is 23.4 Å². The molecule has 1 amide bonds. The Balaban J connectivity index is 1.51. The van der Waals surface area contributed by atoms with E-state index in [0.29, 0.717) is 24.9 Å². The van der Waals surface area contributed by atoms with E-state index in [9.17, 15) is 9.18 Å². The summed E-state index contributed by atoms with van der Waals surface area (Å²) in [4.78, 5) is 14.9. The van der Waals surface area contributed by atoms with Gasteiger partial charge in [0.1, 0.15) is 5.82 Å². The van der Waals surface area contributed by atoms with Crippen LogP contribution in [0, 0.1) is 12.7 Å². The standard InChI is InChI=1S/C18H22FN5O2S/c1-12-11-13(19)4-5-15(12)23-8-2-3-16(17(23)25)27-18-20-21-22-24(18)14-6-9-26-10-7-14/h4-5,11,14,16H,2-3,6-10H2,1H3. The van der Waals surface area contributed by atoms with Crippen LogP contribution in [0.1, 0.15) is 37.3 Å². The van der Waals surface area contributed by atoms with Gasteiger partial charge < -0.3 is 9.64 Å². The lowest BCUT2D eigenvalue weighted by Gasteiger charge is -2.33. The number of ether oxygens (including phenoxy) is 1. The highest BCUT2D eigenvalue weighted by molar-refractivity contribution is 8.00. The summed E-state index contributed by atoms with van der Waals surface area (Å²) in [5.74, 6) is -0.259. The van der Waals surface area contributed by atoms with Crippen molar-refractivity contribution in [1.29, 1.82) is 0 Å². The highest BCUT2D eigenvalue weighted by Crippen LogP contribution is 2.34. The molecule has 4 rings (SSSR count). The number of amides is 1. The monoisotopic (exact) mass is 391 g/mol. The van der Waals surface area contributed by atoms with E-state index >= 15 is 0 Å². The maximum Gasteiger partial charge on any atom is 0.240 e. The number of rotatable bonds is 4. The van der Waals surface area contributed by atoms with Gasteiger partial charge in [-0.05, 0) is 66.8 Å². The number of halogens is 1. The van der Waals surface area contributed by atoms with Gasteiger partial charge in [-0.3, -0.25) is 4.79 Å². The number of tetrazole rings is 1. The normalized spacial score (nSPS) is 21.6. The molecular formula is C18H22FN5O2S. The molecule has 1 unspecified atom stereocenters. The topological polar surface area (TPSA) is 73.1 Å². The van der Waals surface area contributed by atoms with E-state index < -0.39 is 0 Å². The van der Waals surface area contributed by atoms with Crippen LogP contribution in [0.15, 0.2) is 23.4 Å². The Hall–Kier alpha value is -2.00. The molecule has 1 aromatic carbocycles. The Labute approximate surface area is 161 Å². The summed E-state index contributed by atoms with van der Waals surface area (Å²) >= 11 is 1.43. The third-order valence-corrected chi connectivity index (χ3v) is 6.29. The van der Waals surface area contributed by atoms with Crippen LogP contribution >= 0.6 is 11.8 Å². The van der Waals surface area contributed by atoms with Crippen LogP contribution in [-0.4, -0.2) is 51.1 Å². The molecule has 0 radical (unpaired) electrons. The van der Waals surface area contributed by atoms with Crippen molar-refractivity contribution in [2.75, 3.05) is 24.7 Å². The first-order chi connectivity index (χ1) is 13.1. The number of benzene rings is 1. The molecular weight excluding hydrogens is 369 g/mol. The number of carbonyl (C=O) groups is 1. The third-order valence-electron chi connectivity index (χ3n) is 5.09. The molecule has 2 saturated heterocycles. The van der Waals surface area contributed by atoms with Crippen molar-refractivity contribution in [1.82, 2.24) is 20.2 Å². The zero-order chi connectivity index (χ0) is 18.8. The summed E-state index contributed by atoms with van der Waals surface area (Å²) in [5.41, 5.74) is 1.54. The number of piperidine rings is 1. The van der Waals surface area contributed by atoms with Gasteiger partial charge in [-0.15, -0.1) is 5.10 Å². The van der Waals surface area contributed by atoms with E-state index in [1.54, 1.807) is 11.0 Å². The van der Waals surface area contributed by atoms with Crippen LogP contribution in [0.5, 0.6) is 0 Å². The Morgan fingerprint density at radius 2 is 2.07 bits per heavy atom. The fourth-order valence-corrected chi connectivity index (χ4v) is 4.81. The molecule has 0 N–H and O–H groups in total. The summed E-state index contributed by atoms with van der Waals surface area (Å²) < 4.78 is 20.7. The largest absolute Gasteiger partial charge is 0.381 e. The second-order valence-corrected chi connectivity index (χ2v) is 8.09.